The molecule has 156 valence electrons. The van der Waals surface area contributed by atoms with Crippen LogP contribution in [0.1, 0.15) is 18.4 Å². The van der Waals surface area contributed by atoms with Gasteiger partial charge in [-0.25, -0.2) is 8.42 Å². The standard InChI is InChI=1S/C20H22Cl2N2O4S/c1-13-5-6-15(21)10-18(13)23-20(25)14-4-3-9-24(12-14)29(26,27)16-7-8-19(28-2)17(22)11-16/h5-8,10-11,14H,3-4,9,12H2,1-2H3,(H,23,25)/t14-/m0/s1. The van der Waals surface area contributed by atoms with E-state index in [1.807, 2.05) is 13.0 Å². The first-order valence-electron chi connectivity index (χ1n) is 9.13. The van der Waals surface area contributed by atoms with Crippen LogP contribution in [0.2, 0.25) is 10.0 Å². The second kappa shape index (κ2) is 8.92. The normalized spacial score (nSPS) is 17.7. The van der Waals surface area contributed by atoms with E-state index >= 15 is 0 Å². The molecule has 2 aromatic rings. The van der Waals surface area contributed by atoms with E-state index in [2.05, 4.69) is 5.32 Å². The van der Waals surface area contributed by atoms with Crippen LogP contribution in [0.3, 0.4) is 0 Å². The number of hydrogen-bond donors (Lipinski definition) is 1. The van der Waals surface area contributed by atoms with E-state index in [0.29, 0.717) is 35.8 Å². The average molecular weight is 457 g/mol. The Balaban J connectivity index is 1.76. The average Bonchev–Trinajstić information content (AvgIpc) is 2.70. The molecule has 1 amide bonds. The monoisotopic (exact) mass is 456 g/mol. The molecule has 6 nitrogen and oxygen atoms in total. The van der Waals surface area contributed by atoms with E-state index < -0.39 is 15.9 Å². The highest BCUT2D eigenvalue weighted by molar-refractivity contribution is 7.89. The number of benzene rings is 2. The first-order valence-corrected chi connectivity index (χ1v) is 11.3. The molecule has 1 heterocycles. The zero-order valence-electron chi connectivity index (χ0n) is 16.1. The molecule has 1 aliphatic rings. The van der Waals surface area contributed by atoms with Crippen LogP contribution in [-0.2, 0) is 14.8 Å². The Labute approximate surface area is 180 Å². The number of nitrogens with zero attached hydrogens (tertiary/aromatic N) is 1. The molecule has 1 aliphatic heterocycles. The quantitative estimate of drug-likeness (QED) is 0.725. The zero-order valence-corrected chi connectivity index (χ0v) is 18.4. The SMILES string of the molecule is COc1ccc(S(=O)(=O)N2CCC[C@H](C(=O)Nc3cc(Cl)ccc3C)C2)cc1Cl. The number of carbonyl (C=O) groups excluding carboxylic acids is 1. The summed E-state index contributed by atoms with van der Waals surface area (Å²) in [6.07, 6.45) is 1.20. The molecule has 1 fully saturated rings. The van der Waals surface area contributed by atoms with Gasteiger partial charge in [0.05, 0.1) is 22.9 Å². The number of piperidine rings is 1. The van der Waals surface area contributed by atoms with E-state index in [1.54, 1.807) is 12.1 Å². The second-order valence-corrected chi connectivity index (χ2v) is 9.73. The van der Waals surface area contributed by atoms with Gasteiger partial charge in [0.15, 0.2) is 0 Å². The molecular weight excluding hydrogens is 435 g/mol. The summed E-state index contributed by atoms with van der Waals surface area (Å²) in [4.78, 5) is 12.8. The predicted molar refractivity (Wildman–Crippen MR) is 114 cm³/mol. The molecule has 0 aliphatic carbocycles. The molecule has 0 aromatic heterocycles. The van der Waals surface area contributed by atoms with E-state index in [-0.39, 0.29) is 22.4 Å². The smallest absolute Gasteiger partial charge is 0.243 e. The number of halogens is 2. The lowest BCUT2D eigenvalue weighted by atomic mass is 9.98. The molecule has 29 heavy (non-hydrogen) atoms. The number of anilines is 1. The molecule has 1 saturated heterocycles. The van der Waals surface area contributed by atoms with Crippen LogP contribution in [0.15, 0.2) is 41.3 Å². The third kappa shape index (κ3) is 4.86. The highest BCUT2D eigenvalue weighted by Gasteiger charge is 2.33. The van der Waals surface area contributed by atoms with Gasteiger partial charge in [-0.15, -0.1) is 0 Å². The van der Waals surface area contributed by atoms with Gasteiger partial charge in [0.25, 0.3) is 0 Å². The van der Waals surface area contributed by atoms with Gasteiger partial charge < -0.3 is 10.1 Å². The lowest BCUT2D eigenvalue weighted by Crippen LogP contribution is -2.43. The second-order valence-electron chi connectivity index (χ2n) is 6.95. The Kier molecular flexibility index (Phi) is 6.73. The molecule has 0 radical (unpaired) electrons. The molecular formula is C20H22Cl2N2O4S. The highest BCUT2D eigenvalue weighted by Crippen LogP contribution is 2.30. The van der Waals surface area contributed by atoms with Crippen molar-refractivity contribution in [3.63, 3.8) is 0 Å². The number of sulfonamides is 1. The van der Waals surface area contributed by atoms with Crippen molar-refractivity contribution in [2.24, 2.45) is 5.92 Å². The van der Waals surface area contributed by atoms with Gasteiger partial charge in [-0.1, -0.05) is 29.3 Å². The molecule has 0 unspecified atom stereocenters. The fourth-order valence-corrected chi connectivity index (χ4v) is 5.34. The summed E-state index contributed by atoms with van der Waals surface area (Å²) in [5.74, 6) is -0.271. The van der Waals surface area contributed by atoms with Crippen LogP contribution in [-0.4, -0.2) is 38.8 Å². The Hall–Kier alpha value is -1.80. The number of carbonyl (C=O) groups is 1. The van der Waals surface area contributed by atoms with Crippen molar-refractivity contribution in [1.82, 2.24) is 4.31 Å². The molecule has 1 N–H and O–H groups in total. The lowest BCUT2D eigenvalue weighted by Gasteiger charge is -2.31. The Morgan fingerprint density at radius 1 is 1.21 bits per heavy atom. The molecule has 3 rings (SSSR count). The van der Waals surface area contributed by atoms with Crippen molar-refractivity contribution in [2.75, 3.05) is 25.5 Å². The lowest BCUT2D eigenvalue weighted by molar-refractivity contribution is -0.120. The maximum atomic E-state index is 13.0. The number of nitrogens with one attached hydrogen (secondary N) is 1. The van der Waals surface area contributed by atoms with Crippen LogP contribution in [0.5, 0.6) is 5.75 Å². The van der Waals surface area contributed by atoms with Crippen LogP contribution in [0.4, 0.5) is 5.69 Å². The van der Waals surface area contributed by atoms with Crippen molar-refractivity contribution in [1.29, 1.82) is 0 Å². The number of ether oxygens (including phenoxy) is 1. The maximum absolute atomic E-state index is 13.0. The Bertz CT molecular complexity index is 1030. The number of methoxy groups -OCH3 is 1. The van der Waals surface area contributed by atoms with E-state index in [1.165, 1.54) is 29.6 Å². The maximum Gasteiger partial charge on any atom is 0.243 e. The van der Waals surface area contributed by atoms with Gasteiger partial charge in [-0.2, -0.15) is 4.31 Å². The Morgan fingerprint density at radius 2 is 1.97 bits per heavy atom. The molecule has 9 heteroatoms. The molecule has 1 atom stereocenters. The third-order valence-corrected chi connectivity index (χ3v) is 7.37. The minimum Gasteiger partial charge on any atom is -0.495 e. The van der Waals surface area contributed by atoms with Crippen molar-refractivity contribution in [3.8, 4) is 5.75 Å². The molecule has 2 aromatic carbocycles. The summed E-state index contributed by atoms with van der Waals surface area (Å²) >= 11 is 12.1. The largest absolute Gasteiger partial charge is 0.495 e. The fraction of sp³-hybridized carbons (Fsp3) is 0.350. The summed E-state index contributed by atoms with van der Waals surface area (Å²) in [6.45, 7) is 2.33. The van der Waals surface area contributed by atoms with E-state index in [0.717, 1.165) is 5.56 Å². The third-order valence-electron chi connectivity index (χ3n) is 4.97. The van der Waals surface area contributed by atoms with Gasteiger partial charge in [0, 0.05) is 23.8 Å². The Morgan fingerprint density at radius 3 is 2.66 bits per heavy atom. The minimum atomic E-state index is -3.77. The van der Waals surface area contributed by atoms with E-state index in [4.69, 9.17) is 27.9 Å². The molecule has 0 saturated carbocycles. The molecule has 0 spiro atoms. The van der Waals surface area contributed by atoms with Crippen LogP contribution in [0.25, 0.3) is 0 Å². The summed E-state index contributed by atoms with van der Waals surface area (Å²) < 4.78 is 32.5. The van der Waals surface area contributed by atoms with Crippen LogP contribution < -0.4 is 10.1 Å². The van der Waals surface area contributed by atoms with Gasteiger partial charge in [-0.3, -0.25) is 4.79 Å². The first kappa shape index (κ1) is 21.9. The van der Waals surface area contributed by atoms with Gasteiger partial charge in [-0.05, 0) is 55.7 Å². The van der Waals surface area contributed by atoms with Crippen LogP contribution in [0, 0.1) is 12.8 Å². The van der Waals surface area contributed by atoms with Crippen molar-refractivity contribution in [3.05, 3.63) is 52.0 Å². The van der Waals surface area contributed by atoms with Crippen molar-refractivity contribution >= 4 is 44.8 Å². The zero-order chi connectivity index (χ0) is 21.2. The van der Waals surface area contributed by atoms with Gasteiger partial charge in [0.1, 0.15) is 5.75 Å². The summed E-state index contributed by atoms with van der Waals surface area (Å²) in [5, 5.41) is 3.62. The summed E-state index contributed by atoms with van der Waals surface area (Å²) in [5.41, 5.74) is 1.51. The number of hydrogen-bond acceptors (Lipinski definition) is 4. The van der Waals surface area contributed by atoms with Gasteiger partial charge >= 0.3 is 0 Å². The fourth-order valence-electron chi connectivity index (χ4n) is 3.30. The topological polar surface area (TPSA) is 75.7 Å². The van der Waals surface area contributed by atoms with Gasteiger partial charge in [0.2, 0.25) is 15.9 Å². The van der Waals surface area contributed by atoms with Crippen molar-refractivity contribution in [2.45, 2.75) is 24.7 Å². The summed E-state index contributed by atoms with van der Waals surface area (Å²) in [7, 11) is -2.31. The predicted octanol–water partition coefficient (Wildman–Crippen LogP) is 4.35. The summed E-state index contributed by atoms with van der Waals surface area (Å²) in [6, 6.07) is 9.61. The number of rotatable bonds is 5. The number of amides is 1. The van der Waals surface area contributed by atoms with E-state index in [9.17, 15) is 13.2 Å². The highest BCUT2D eigenvalue weighted by atomic mass is 35.5. The van der Waals surface area contributed by atoms with Crippen molar-refractivity contribution < 1.29 is 17.9 Å². The van der Waals surface area contributed by atoms with Crippen LogP contribution >= 0.6 is 23.2 Å². The number of aryl methyl sites for hydroxylation is 1. The molecule has 0 bridgehead atoms. The first-order chi connectivity index (χ1) is 13.7. The minimum absolute atomic E-state index is 0.0787.